The van der Waals surface area contributed by atoms with Crippen LogP contribution in [0.4, 0.5) is 0 Å². The topological polar surface area (TPSA) is 20.3 Å². The molecule has 2 fully saturated rings. The standard InChI is InChI=1S/C13H23NO/c1-10(15)9-14(2)13-7-11-5-3-4-6-12(11)8-13/h11-13H,3-9H2,1-2H3. The molecule has 2 heteroatoms. The number of Topliss-reactive ketones (excluding diaryl/α,β-unsaturated/α-hetero) is 1. The molecule has 0 aromatic rings. The van der Waals surface area contributed by atoms with Gasteiger partial charge in [-0.05, 0) is 38.6 Å². The second-order valence-electron chi connectivity index (χ2n) is 5.55. The van der Waals surface area contributed by atoms with Gasteiger partial charge in [-0.25, -0.2) is 0 Å². The minimum atomic E-state index is 0.298. The Labute approximate surface area is 93.0 Å². The van der Waals surface area contributed by atoms with E-state index in [9.17, 15) is 4.79 Å². The lowest BCUT2D eigenvalue weighted by Gasteiger charge is -2.24. The highest BCUT2D eigenvalue weighted by molar-refractivity contribution is 5.77. The molecular weight excluding hydrogens is 186 g/mol. The van der Waals surface area contributed by atoms with E-state index in [1.165, 1.54) is 38.5 Å². The number of hydrogen-bond acceptors (Lipinski definition) is 2. The van der Waals surface area contributed by atoms with E-state index in [0.29, 0.717) is 18.4 Å². The summed E-state index contributed by atoms with van der Waals surface area (Å²) in [6, 6.07) is 0.682. The van der Waals surface area contributed by atoms with Crippen LogP contribution < -0.4 is 0 Å². The minimum absolute atomic E-state index is 0.298. The molecule has 0 radical (unpaired) electrons. The van der Waals surface area contributed by atoms with Gasteiger partial charge in [0, 0.05) is 6.04 Å². The second-order valence-corrected chi connectivity index (χ2v) is 5.55. The summed E-state index contributed by atoms with van der Waals surface area (Å²) in [5.41, 5.74) is 0. The average Bonchev–Trinajstić information content (AvgIpc) is 2.59. The van der Waals surface area contributed by atoms with Crippen molar-refractivity contribution in [2.75, 3.05) is 13.6 Å². The maximum Gasteiger partial charge on any atom is 0.143 e. The molecule has 2 rings (SSSR count). The van der Waals surface area contributed by atoms with Crippen molar-refractivity contribution in [1.82, 2.24) is 4.90 Å². The Hall–Kier alpha value is -0.370. The highest BCUT2D eigenvalue weighted by Crippen LogP contribution is 2.43. The first-order valence-electron chi connectivity index (χ1n) is 6.36. The van der Waals surface area contributed by atoms with E-state index in [0.717, 1.165) is 11.8 Å². The number of carbonyl (C=O) groups is 1. The van der Waals surface area contributed by atoms with Gasteiger partial charge in [-0.15, -0.1) is 0 Å². The molecule has 0 heterocycles. The van der Waals surface area contributed by atoms with Crippen molar-refractivity contribution in [3.8, 4) is 0 Å². The van der Waals surface area contributed by atoms with Crippen molar-refractivity contribution in [3.63, 3.8) is 0 Å². The zero-order chi connectivity index (χ0) is 10.8. The van der Waals surface area contributed by atoms with Gasteiger partial charge in [-0.1, -0.05) is 25.7 Å². The zero-order valence-corrected chi connectivity index (χ0v) is 10.0. The Morgan fingerprint density at radius 1 is 1.20 bits per heavy atom. The van der Waals surface area contributed by atoms with Crippen LogP contribution in [0.15, 0.2) is 0 Å². The molecule has 0 bridgehead atoms. The van der Waals surface area contributed by atoms with Gasteiger partial charge in [-0.2, -0.15) is 0 Å². The molecular formula is C13H23NO. The van der Waals surface area contributed by atoms with E-state index in [1.54, 1.807) is 6.92 Å². The van der Waals surface area contributed by atoms with Crippen LogP contribution in [0.5, 0.6) is 0 Å². The van der Waals surface area contributed by atoms with E-state index < -0.39 is 0 Å². The third-order valence-corrected chi connectivity index (χ3v) is 4.31. The van der Waals surface area contributed by atoms with Gasteiger partial charge in [0.15, 0.2) is 0 Å². The average molecular weight is 209 g/mol. The van der Waals surface area contributed by atoms with E-state index in [-0.39, 0.29) is 0 Å². The molecule has 0 N–H and O–H groups in total. The Morgan fingerprint density at radius 2 is 1.73 bits per heavy atom. The largest absolute Gasteiger partial charge is 0.299 e. The van der Waals surface area contributed by atoms with E-state index in [4.69, 9.17) is 0 Å². The van der Waals surface area contributed by atoms with Crippen molar-refractivity contribution in [1.29, 1.82) is 0 Å². The first kappa shape index (κ1) is 11.1. The fraction of sp³-hybridized carbons (Fsp3) is 0.923. The van der Waals surface area contributed by atoms with Crippen molar-refractivity contribution < 1.29 is 4.79 Å². The SMILES string of the molecule is CC(=O)CN(C)C1CC2CCCCC2C1. The minimum Gasteiger partial charge on any atom is -0.299 e. The summed E-state index contributed by atoms with van der Waals surface area (Å²) in [6.45, 7) is 2.34. The predicted octanol–water partition coefficient (Wildman–Crippen LogP) is 2.48. The molecule has 0 saturated heterocycles. The van der Waals surface area contributed by atoms with Gasteiger partial charge in [0.05, 0.1) is 6.54 Å². The molecule has 0 aliphatic heterocycles. The summed E-state index contributed by atoms with van der Waals surface area (Å²) >= 11 is 0. The maximum atomic E-state index is 11.1. The van der Waals surface area contributed by atoms with Gasteiger partial charge in [0.2, 0.25) is 0 Å². The van der Waals surface area contributed by atoms with Crippen LogP contribution in [-0.2, 0) is 4.79 Å². The highest BCUT2D eigenvalue weighted by Gasteiger charge is 2.37. The lowest BCUT2D eigenvalue weighted by atomic mass is 9.82. The van der Waals surface area contributed by atoms with Gasteiger partial charge in [-0.3, -0.25) is 9.69 Å². The predicted molar refractivity (Wildman–Crippen MR) is 61.8 cm³/mol. The van der Waals surface area contributed by atoms with Crippen LogP contribution in [0.2, 0.25) is 0 Å². The van der Waals surface area contributed by atoms with Crippen LogP contribution in [0.1, 0.15) is 45.4 Å². The summed E-state index contributed by atoms with van der Waals surface area (Å²) in [7, 11) is 2.11. The number of likely N-dealkylation sites (N-methyl/N-ethyl adjacent to an activating group) is 1. The third kappa shape index (κ3) is 2.60. The highest BCUT2D eigenvalue weighted by atomic mass is 16.1. The molecule has 0 amide bonds. The number of nitrogens with zero attached hydrogens (tertiary/aromatic N) is 1. The molecule has 2 atom stereocenters. The second kappa shape index (κ2) is 4.65. The summed E-state index contributed by atoms with van der Waals surface area (Å²) in [5.74, 6) is 2.24. The fourth-order valence-electron chi connectivity index (χ4n) is 3.54. The number of rotatable bonds is 3. The van der Waals surface area contributed by atoms with Crippen LogP contribution >= 0.6 is 0 Å². The molecule has 2 nitrogen and oxygen atoms in total. The Bertz CT molecular complexity index is 225. The van der Waals surface area contributed by atoms with Crippen LogP contribution in [0, 0.1) is 11.8 Å². The molecule has 2 aliphatic rings. The number of hydrogen-bond donors (Lipinski definition) is 0. The lowest BCUT2D eigenvalue weighted by molar-refractivity contribution is -0.118. The quantitative estimate of drug-likeness (QED) is 0.711. The van der Waals surface area contributed by atoms with Crippen LogP contribution in [0.25, 0.3) is 0 Å². The molecule has 15 heavy (non-hydrogen) atoms. The van der Waals surface area contributed by atoms with Crippen molar-refractivity contribution in [2.24, 2.45) is 11.8 Å². The number of ketones is 1. The van der Waals surface area contributed by atoms with Crippen molar-refractivity contribution in [3.05, 3.63) is 0 Å². The molecule has 86 valence electrons. The summed E-state index contributed by atoms with van der Waals surface area (Å²) in [6.07, 6.45) is 8.43. The number of carbonyl (C=O) groups excluding carboxylic acids is 1. The van der Waals surface area contributed by atoms with Crippen molar-refractivity contribution >= 4 is 5.78 Å². The van der Waals surface area contributed by atoms with Gasteiger partial charge in [0.25, 0.3) is 0 Å². The van der Waals surface area contributed by atoms with Gasteiger partial charge >= 0.3 is 0 Å². The monoisotopic (exact) mass is 209 g/mol. The van der Waals surface area contributed by atoms with Crippen molar-refractivity contribution in [2.45, 2.75) is 51.5 Å². The lowest BCUT2D eigenvalue weighted by Crippen LogP contribution is -2.33. The molecule has 2 unspecified atom stereocenters. The fourth-order valence-corrected chi connectivity index (χ4v) is 3.54. The van der Waals surface area contributed by atoms with Gasteiger partial charge < -0.3 is 0 Å². The number of fused-ring (bicyclic) bond motifs is 1. The zero-order valence-electron chi connectivity index (χ0n) is 10.0. The molecule has 2 aliphatic carbocycles. The summed E-state index contributed by atoms with van der Waals surface area (Å²) < 4.78 is 0. The smallest absolute Gasteiger partial charge is 0.143 e. The molecule has 0 aromatic heterocycles. The summed E-state index contributed by atoms with van der Waals surface area (Å²) in [4.78, 5) is 13.4. The Kier molecular flexibility index (Phi) is 3.45. The molecule has 0 aromatic carbocycles. The maximum absolute atomic E-state index is 11.1. The van der Waals surface area contributed by atoms with E-state index >= 15 is 0 Å². The Balaban J connectivity index is 1.87. The Morgan fingerprint density at radius 3 is 2.20 bits per heavy atom. The van der Waals surface area contributed by atoms with Gasteiger partial charge in [0.1, 0.15) is 5.78 Å². The van der Waals surface area contributed by atoms with Crippen LogP contribution in [0.3, 0.4) is 0 Å². The molecule has 0 spiro atoms. The first-order valence-corrected chi connectivity index (χ1v) is 6.36. The first-order chi connectivity index (χ1) is 7.16. The van der Waals surface area contributed by atoms with E-state index in [2.05, 4.69) is 11.9 Å². The normalized spacial score (nSPS) is 35.5. The third-order valence-electron chi connectivity index (χ3n) is 4.31. The summed E-state index contributed by atoms with van der Waals surface area (Å²) in [5, 5.41) is 0. The van der Waals surface area contributed by atoms with E-state index in [1.807, 2.05) is 0 Å². The van der Waals surface area contributed by atoms with Crippen LogP contribution in [-0.4, -0.2) is 30.3 Å². The molecule has 2 saturated carbocycles.